The Morgan fingerprint density at radius 2 is 2.22 bits per heavy atom. The smallest absolute Gasteiger partial charge is 0.255 e. The van der Waals surface area contributed by atoms with Gasteiger partial charge in [0.15, 0.2) is 0 Å². The van der Waals surface area contributed by atoms with E-state index in [1.54, 1.807) is 30.1 Å². The van der Waals surface area contributed by atoms with Crippen LogP contribution >= 0.6 is 0 Å². The lowest BCUT2D eigenvalue weighted by Crippen LogP contribution is -2.23. The van der Waals surface area contributed by atoms with E-state index in [1.165, 1.54) is 0 Å². The predicted octanol–water partition coefficient (Wildman–Crippen LogP) is 1.36. The van der Waals surface area contributed by atoms with E-state index in [0.717, 1.165) is 5.56 Å². The first kappa shape index (κ1) is 12.2. The van der Waals surface area contributed by atoms with Crippen molar-refractivity contribution in [3.8, 4) is 5.75 Å². The minimum atomic E-state index is -0.156. The van der Waals surface area contributed by atoms with Gasteiger partial charge in [0.25, 0.3) is 5.91 Å². The highest BCUT2D eigenvalue weighted by Crippen LogP contribution is 2.16. The number of hydrogen-bond acceptors (Lipinski definition) is 3. The van der Waals surface area contributed by atoms with Crippen molar-refractivity contribution in [2.24, 2.45) is 7.05 Å². The third-order valence-electron chi connectivity index (χ3n) is 2.56. The number of carbonyl (C=O) groups is 1. The molecule has 0 aliphatic carbocycles. The molecule has 0 bridgehead atoms. The van der Waals surface area contributed by atoms with Gasteiger partial charge in [-0.25, -0.2) is 0 Å². The number of nitrogens with one attached hydrogen (secondary N) is 1. The number of para-hydroxylation sites is 1. The minimum Gasteiger partial charge on any atom is -0.496 e. The van der Waals surface area contributed by atoms with Crippen LogP contribution in [0.25, 0.3) is 0 Å². The summed E-state index contributed by atoms with van der Waals surface area (Å²) in [5.74, 6) is 0.414. The Bertz CT molecular complexity index is 549. The molecule has 1 amide bonds. The summed E-state index contributed by atoms with van der Waals surface area (Å²) >= 11 is 0. The van der Waals surface area contributed by atoms with Gasteiger partial charge in [-0.1, -0.05) is 12.1 Å². The molecule has 18 heavy (non-hydrogen) atoms. The molecule has 2 aromatic rings. The fourth-order valence-corrected chi connectivity index (χ4v) is 1.67. The van der Waals surface area contributed by atoms with Crippen LogP contribution in [0.4, 0.5) is 0 Å². The molecule has 5 heteroatoms. The summed E-state index contributed by atoms with van der Waals surface area (Å²) < 4.78 is 6.84. The normalized spacial score (nSPS) is 10.1. The molecule has 0 unspecified atom stereocenters. The fraction of sp³-hybridized carbons (Fsp3) is 0.231. The van der Waals surface area contributed by atoms with E-state index in [1.807, 2.05) is 25.4 Å². The molecule has 0 fully saturated rings. The standard InChI is InChI=1S/C13H15N3O2/c1-16-9-10(8-15-16)7-14-13(17)11-5-3-4-6-12(11)18-2/h3-6,8-9H,7H2,1-2H3,(H,14,17). The van der Waals surface area contributed by atoms with Gasteiger partial charge in [-0.2, -0.15) is 5.10 Å². The molecule has 1 aromatic heterocycles. The third kappa shape index (κ3) is 2.68. The molecule has 0 saturated carbocycles. The van der Waals surface area contributed by atoms with Crippen molar-refractivity contribution in [2.75, 3.05) is 7.11 Å². The van der Waals surface area contributed by atoms with Gasteiger partial charge in [0.2, 0.25) is 0 Å². The van der Waals surface area contributed by atoms with Crippen LogP contribution in [0.2, 0.25) is 0 Å². The SMILES string of the molecule is COc1ccccc1C(=O)NCc1cnn(C)c1. The van der Waals surface area contributed by atoms with Gasteiger partial charge in [0.05, 0.1) is 18.9 Å². The third-order valence-corrected chi connectivity index (χ3v) is 2.56. The van der Waals surface area contributed by atoms with Crippen molar-refractivity contribution in [3.63, 3.8) is 0 Å². The van der Waals surface area contributed by atoms with Gasteiger partial charge < -0.3 is 10.1 Å². The zero-order valence-electron chi connectivity index (χ0n) is 10.4. The second kappa shape index (κ2) is 5.35. The van der Waals surface area contributed by atoms with E-state index < -0.39 is 0 Å². The molecule has 0 saturated heterocycles. The van der Waals surface area contributed by atoms with E-state index in [4.69, 9.17) is 4.74 Å². The van der Waals surface area contributed by atoms with E-state index in [9.17, 15) is 4.79 Å². The number of amides is 1. The lowest BCUT2D eigenvalue weighted by atomic mass is 10.2. The lowest BCUT2D eigenvalue weighted by molar-refractivity contribution is 0.0948. The fourth-order valence-electron chi connectivity index (χ4n) is 1.67. The number of carbonyl (C=O) groups excluding carboxylic acids is 1. The van der Waals surface area contributed by atoms with Gasteiger partial charge in [-0.05, 0) is 12.1 Å². The number of nitrogens with zero attached hydrogens (tertiary/aromatic N) is 2. The number of aromatic nitrogens is 2. The Balaban J connectivity index is 2.03. The maximum atomic E-state index is 12.0. The number of rotatable bonds is 4. The largest absolute Gasteiger partial charge is 0.496 e. The molecular weight excluding hydrogens is 230 g/mol. The van der Waals surface area contributed by atoms with Gasteiger partial charge >= 0.3 is 0 Å². The number of methoxy groups -OCH3 is 1. The topological polar surface area (TPSA) is 56.1 Å². The first-order valence-electron chi connectivity index (χ1n) is 5.59. The zero-order chi connectivity index (χ0) is 13.0. The maximum absolute atomic E-state index is 12.0. The number of aryl methyl sites for hydroxylation is 1. The molecule has 2 rings (SSSR count). The van der Waals surface area contributed by atoms with Crippen molar-refractivity contribution in [1.29, 1.82) is 0 Å². The van der Waals surface area contributed by atoms with Crippen molar-refractivity contribution in [1.82, 2.24) is 15.1 Å². The highest BCUT2D eigenvalue weighted by Gasteiger charge is 2.10. The number of benzene rings is 1. The highest BCUT2D eigenvalue weighted by atomic mass is 16.5. The molecule has 1 aromatic carbocycles. The van der Waals surface area contributed by atoms with Crippen LogP contribution in [-0.4, -0.2) is 22.8 Å². The van der Waals surface area contributed by atoms with Crippen molar-refractivity contribution < 1.29 is 9.53 Å². The first-order valence-corrected chi connectivity index (χ1v) is 5.59. The van der Waals surface area contributed by atoms with Gasteiger partial charge in [-0.3, -0.25) is 9.48 Å². The summed E-state index contributed by atoms with van der Waals surface area (Å²) in [5.41, 5.74) is 1.49. The molecular formula is C13H15N3O2. The maximum Gasteiger partial charge on any atom is 0.255 e. The predicted molar refractivity (Wildman–Crippen MR) is 67.4 cm³/mol. The summed E-state index contributed by atoms with van der Waals surface area (Å²) in [4.78, 5) is 12.0. The molecule has 0 aliphatic rings. The van der Waals surface area contributed by atoms with Crippen molar-refractivity contribution >= 4 is 5.91 Å². The molecule has 0 spiro atoms. The van der Waals surface area contributed by atoms with Gasteiger partial charge in [-0.15, -0.1) is 0 Å². The molecule has 0 radical (unpaired) electrons. The summed E-state index contributed by atoms with van der Waals surface area (Å²) in [7, 11) is 3.39. The van der Waals surface area contributed by atoms with Crippen LogP contribution in [-0.2, 0) is 13.6 Å². The van der Waals surface area contributed by atoms with E-state index >= 15 is 0 Å². The van der Waals surface area contributed by atoms with Gasteiger partial charge in [0.1, 0.15) is 5.75 Å². The number of ether oxygens (including phenoxy) is 1. The lowest BCUT2D eigenvalue weighted by Gasteiger charge is -2.08. The quantitative estimate of drug-likeness (QED) is 0.884. The summed E-state index contributed by atoms with van der Waals surface area (Å²) in [5, 5.41) is 6.87. The average molecular weight is 245 g/mol. The monoisotopic (exact) mass is 245 g/mol. The molecule has 1 heterocycles. The minimum absolute atomic E-state index is 0.156. The average Bonchev–Trinajstić information content (AvgIpc) is 2.81. The van der Waals surface area contributed by atoms with Crippen LogP contribution in [0.3, 0.4) is 0 Å². The highest BCUT2D eigenvalue weighted by molar-refractivity contribution is 5.96. The molecule has 5 nitrogen and oxygen atoms in total. The first-order chi connectivity index (χ1) is 8.70. The van der Waals surface area contributed by atoms with E-state index in [-0.39, 0.29) is 5.91 Å². The number of hydrogen-bond donors (Lipinski definition) is 1. The Labute approximate surface area is 105 Å². The van der Waals surface area contributed by atoms with Crippen LogP contribution in [0.5, 0.6) is 5.75 Å². The summed E-state index contributed by atoms with van der Waals surface area (Å²) in [6, 6.07) is 7.13. The van der Waals surface area contributed by atoms with E-state index in [0.29, 0.717) is 17.9 Å². The van der Waals surface area contributed by atoms with Crippen LogP contribution in [0.1, 0.15) is 15.9 Å². The van der Waals surface area contributed by atoms with E-state index in [2.05, 4.69) is 10.4 Å². The van der Waals surface area contributed by atoms with Crippen molar-refractivity contribution in [2.45, 2.75) is 6.54 Å². The van der Waals surface area contributed by atoms with Crippen LogP contribution in [0.15, 0.2) is 36.7 Å². The Morgan fingerprint density at radius 3 is 2.89 bits per heavy atom. The molecule has 0 aliphatic heterocycles. The van der Waals surface area contributed by atoms with Gasteiger partial charge in [0, 0.05) is 25.4 Å². The second-order valence-electron chi connectivity index (χ2n) is 3.91. The van der Waals surface area contributed by atoms with Crippen molar-refractivity contribution in [3.05, 3.63) is 47.8 Å². The zero-order valence-corrected chi connectivity index (χ0v) is 10.4. The summed E-state index contributed by atoms with van der Waals surface area (Å²) in [6.07, 6.45) is 3.59. The Kier molecular flexibility index (Phi) is 3.62. The van der Waals surface area contributed by atoms with Crippen LogP contribution in [0, 0.1) is 0 Å². The second-order valence-corrected chi connectivity index (χ2v) is 3.91. The molecule has 0 atom stereocenters. The Hall–Kier alpha value is -2.30. The molecule has 94 valence electrons. The summed E-state index contributed by atoms with van der Waals surface area (Å²) in [6.45, 7) is 0.449. The van der Waals surface area contributed by atoms with Crippen LogP contribution < -0.4 is 10.1 Å². The Morgan fingerprint density at radius 1 is 1.44 bits per heavy atom. The molecule has 1 N–H and O–H groups in total.